The summed E-state index contributed by atoms with van der Waals surface area (Å²) in [6.45, 7) is 1.76. The molecule has 3 rings (SSSR count). The van der Waals surface area contributed by atoms with Crippen LogP contribution in [0.25, 0.3) is 0 Å². The van der Waals surface area contributed by atoms with Crippen LogP contribution in [0.1, 0.15) is 25.7 Å². The minimum Gasteiger partial charge on any atom is -0.353 e. The topological polar surface area (TPSA) is 41.1 Å². The number of hydrogen-bond donors (Lipinski definition) is 2. The normalized spacial score (nSPS) is 48.5. The van der Waals surface area contributed by atoms with E-state index in [4.69, 9.17) is 0 Å². The molecular weight excluding hydrogens is 164 g/mol. The van der Waals surface area contributed by atoms with E-state index in [-0.39, 0.29) is 11.4 Å². The largest absolute Gasteiger partial charge is 0.353 e. The van der Waals surface area contributed by atoms with Gasteiger partial charge in [0.25, 0.3) is 0 Å². The van der Waals surface area contributed by atoms with Gasteiger partial charge in [0.1, 0.15) is 5.54 Å². The van der Waals surface area contributed by atoms with Gasteiger partial charge < -0.3 is 10.6 Å². The monoisotopic (exact) mass is 180 g/mol. The molecule has 0 aromatic heterocycles. The Morgan fingerprint density at radius 1 is 1.38 bits per heavy atom. The Kier molecular flexibility index (Phi) is 1.48. The Labute approximate surface area is 78.3 Å². The minimum absolute atomic E-state index is 0.152. The third-order valence-electron chi connectivity index (χ3n) is 3.96. The molecule has 1 spiro atoms. The molecule has 2 aliphatic carbocycles. The molecule has 1 amide bonds. The molecule has 0 bridgehead atoms. The highest BCUT2D eigenvalue weighted by Crippen LogP contribution is 2.55. The van der Waals surface area contributed by atoms with Crippen LogP contribution in [0.15, 0.2) is 0 Å². The highest BCUT2D eigenvalue weighted by atomic mass is 16.2. The summed E-state index contributed by atoms with van der Waals surface area (Å²) in [4.78, 5) is 11.8. The molecule has 3 fully saturated rings. The molecule has 13 heavy (non-hydrogen) atoms. The van der Waals surface area contributed by atoms with Crippen LogP contribution in [-0.4, -0.2) is 24.5 Å². The number of piperazine rings is 1. The maximum absolute atomic E-state index is 11.8. The molecule has 1 heterocycles. The van der Waals surface area contributed by atoms with Gasteiger partial charge in [-0.05, 0) is 24.7 Å². The lowest BCUT2D eigenvalue weighted by atomic mass is 9.79. The fourth-order valence-electron chi connectivity index (χ4n) is 3.20. The van der Waals surface area contributed by atoms with E-state index in [1.165, 1.54) is 19.3 Å². The van der Waals surface area contributed by atoms with Crippen molar-refractivity contribution in [2.24, 2.45) is 11.8 Å². The maximum atomic E-state index is 11.8. The summed E-state index contributed by atoms with van der Waals surface area (Å²) in [5.41, 5.74) is -0.152. The second kappa shape index (κ2) is 2.47. The Morgan fingerprint density at radius 2 is 2.31 bits per heavy atom. The van der Waals surface area contributed by atoms with Gasteiger partial charge in [0, 0.05) is 13.1 Å². The van der Waals surface area contributed by atoms with Crippen LogP contribution < -0.4 is 10.6 Å². The van der Waals surface area contributed by atoms with E-state index in [0.29, 0.717) is 5.92 Å². The quantitative estimate of drug-likeness (QED) is 0.561. The Bertz CT molecular complexity index is 249. The molecular formula is C10H16N2O. The number of amides is 1. The van der Waals surface area contributed by atoms with Crippen molar-refractivity contribution in [1.29, 1.82) is 0 Å². The number of carbonyl (C=O) groups is 1. The van der Waals surface area contributed by atoms with E-state index in [9.17, 15) is 4.79 Å². The lowest BCUT2D eigenvalue weighted by Crippen LogP contribution is -2.65. The van der Waals surface area contributed by atoms with E-state index < -0.39 is 0 Å². The molecule has 1 aliphatic heterocycles. The predicted molar refractivity (Wildman–Crippen MR) is 49.2 cm³/mol. The van der Waals surface area contributed by atoms with Crippen LogP contribution in [0.3, 0.4) is 0 Å². The van der Waals surface area contributed by atoms with Crippen LogP contribution in [-0.2, 0) is 4.79 Å². The Morgan fingerprint density at radius 3 is 3.15 bits per heavy atom. The SMILES string of the molecule is O=C1NCCNC12CCCC1CC12. The third kappa shape index (κ3) is 0.966. The fraction of sp³-hybridized carbons (Fsp3) is 0.900. The molecule has 3 unspecified atom stereocenters. The Hall–Kier alpha value is -0.570. The predicted octanol–water partition coefficient (Wildman–Crippen LogP) is 0.265. The first-order valence-corrected chi connectivity index (χ1v) is 5.36. The lowest BCUT2D eigenvalue weighted by Gasteiger charge is -2.40. The summed E-state index contributed by atoms with van der Waals surface area (Å²) < 4.78 is 0. The van der Waals surface area contributed by atoms with E-state index in [0.717, 1.165) is 25.4 Å². The number of rotatable bonds is 0. The average molecular weight is 180 g/mol. The van der Waals surface area contributed by atoms with Crippen molar-refractivity contribution >= 4 is 5.91 Å². The number of fused-ring (bicyclic) bond motifs is 2. The zero-order valence-corrected chi connectivity index (χ0v) is 7.81. The summed E-state index contributed by atoms with van der Waals surface area (Å²) in [6, 6.07) is 0. The lowest BCUT2D eigenvalue weighted by molar-refractivity contribution is -0.131. The summed E-state index contributed by atoms with van der Waals surface area (Å²) in [7, 11) is 0. The average Bonchev–Trinajstić information content (AvgIpc) is 2.90. The Balaban J connectivity index is 1.88. The van der Waals surface area contributed by atoms with E-state index in [2.05, 4.69) is 10.6 Å². The van der Waals surface area contributed by atoms with Crippen molar-refractivity contribution in [3.8, 4) is 0 Å². The number of carbonyl (C=O) groups excluding carboxylic acids is 1. The van der Waals surface area contributed by atoms with Gasteiger partial charge in [-0.3, -0.25) is 4.79 Å². The van der Waals surface area contributed by atoms with Crippen molar-refractivity contribution in [2.45, 2.75) is 31.2 Å². The first-order chi connectivity index (χ1) is 6.33. The first kappa shape index (κ1) is 7.80. The van der Waals surface area contributed by atoms with Crippen molar-refractivity contribution in [3.05, 3.63) is 0 Å². The molecule has 3 atom stereocenters. The fourth-order valence-corrected chi connectivity index (χ4v) is 3.20. The van der Waals surface area contributed by atoms with Gasteiger partial charge >= 0.3 is 0 Å². The van der Waals surface area contributed by atoms with Gasteiger partial charge in [0.05, 0.1) is 0 Å². The standard InChI is InChI=1S/C10H16N2O/c13-9-10(12-5-4-11-9)3-1-2-7-6-8(7)10/h7-8,12H,1-6H2,(H,11,13). The molecule has 72 valence electrons. The zero-order chi connectivity index (χ0) is 8.89. The molecule has 3 nitrogen and oxygen atoms in total. The molecule has 0 aromatic carbocycles. The van der Waals surface area contributed by atoms with Gasteiger partial charge in [-0.15, -0.1) is 0 Å². The highest BCUT2D eigenvalue weighted by molar-refractivity contribution is 5.88. The van der Waals surface area contributed by atoms with E-state index in [1.54, 1.807) is 0 Å². The minimum atomic E-state index is -0.152. The second-order valence-corrected chi connectivity index (χ2v) is 4.65. The second-order valence-electron chi connectivity index (χ2n) is 4.65. The van der Waals surface area contributed by atoms with Crippen LogP contribution in [0.2, 0.25) is 0 Å². The summed E-state index contributed by atoms with van der Waals surface area (Å²) in [6.07, 6.45) is 4.91. The number of nitrogens with one attached hydrogen (secondary N) is 2. The third-order valence-corrected chi connectivity index (χ3v) is 3.96. The molecule has 3 heteroatoms. The van der Waals surface area contributed by atoms with Crippen molar-refractivity contribution in [1.82, 2.24) is 10.6 Å². The van der Waals surface area contributed by atoms with Gasteiger partial charge in [0.15, 0.2) is 0 Å². The summed E-state index contributed by atoms with van der Waals surface area (Å²) in [5.74, 6) is 1.78. The van der Waals surface area contributed by atoms with Crippen molar-refractivity contribution in [3.63, 3.8) is 0 Å². The molecule has 3 aliphatic rings. The smallest absolute Gasteiger partial charge is 0.240 e. The van der Waals surface area contributed by atoms with Gasteiger partial charge in [-0.1, -0.05) is 12.8 Å². The maximum Gasteiger partial charge on any atom is 0.240 e. The van der Waals surface area contributed by atoms with Gasteiger partial charge in [-0.2, -0.15) is 0 Å². The highest BCUT2D eigenvalue weighted by Gasteiger charge is 2.59. The van der Waals surface area contributed by atoms with E-state index in [1.807, 2.05) is 0 Å². The number of hydrogen-bond acceptors (Lipinski definition) is 2. The van der Waals surface area contributed by atoms with Gasteiger partial charge in [0.2, 0.25) is 5.91 Å². The molecule has 2 N–H and O–H groups in total. The van der Waals surface area contributed by atoms with E-state index >= 15 is 0 Å². The molecule has 0 radical (unpaired) electrons. The van der Waals surface area contributed by atoms with Crippen molar-refractivity contribution in [2.75, 3.05) is 13.1 Å². The molecule has 0 aromatic rings. The summed E-state index contributed by atoms with van der Waals surface area (Å²) in [5, 5.41) is 6.46. The zero-order valence-electron chi connectivity index (χ0n) is 7.81. The molecule has 1 saturated heterocycles. The van der Waals surface area contributed by atoms with Gasteiger partial charge in [-0.25, -0.2) is 0 Å². The van der Waals surface area contributed by atoms with Crippen LogP contribution in [0, 0.1) is 11.8 Å². The van der Waals surface area contributed by atoms with Crippen LogP contribution in [0.4, 0.5) is 0 Å². The molecule has 2 saturated carbocycles. The first-order valence-electron chi connectivity index (χ1n) is 5.36. The van der Waals surface area contributed by atoms with Crippen LogP contribution in [0.5, 0.6) is 0 Å². The van der Waals surface area contributed by atoms with Crippen molar-refractivity contribution < 1.29 is 4.79 Å². The summed E-state index contributed by atoms with van der Waals surface area (Å²) >= 11 is 0. The van der Waals surface area contributed by atoms with Crippen LogP contribution >= 0.6 is 0 Å².